The van der Waals surface area contributed by atoms with Gasteiger partial charge in [0.1, 0.15) is 0 Å². The molecule has 1 atom stereocenters. The molecule has 2 heteroatoms. The van der Waals surface area contributed by atoms with E-state index in [2.05, 4.69) is 51.9 Å². The fourth-order valence-corrected chi connectivity index (χ4v) is 2.29. The molecule has 1 unspecified atom stereocenters. The van der Waals surface area contributed by atoms with Crippen LogP contribution in [0, 0.1) is 11.3 Å². The van der Waals surface area contributed by atoms with Gasteiger partial charge in [-0.25, -0.2) is 0 Å². The first kappa shape index (κ1) is 14.0. The Morgan fingerprint density at radius 1 is 1.25 bits per heavy atom. The van der Waals surface area contributed by atoms with Crippen LogP contribution in [0.2, 0.25) is 0 Å². The van der Waals surface area contributed by atoms with Gasteiger partial charge in [0.15, 0.2) is 0 Å². The van der Waals surface area contributed by atoms with Crippen molar-refractivity contribution in [2.24, 2.45) is 11.3 Å². The van der Waals surface area contributed by atoms with Crippen LogP contribution in [0.25, 0.3) is 0 Å². The number of hydrogen-bond donors (Lipinski definition) is 1. The van der Waals surface area contributed by atoms with Gasteiger partial charge in [0.2, 0.25) is 0 Å². The minimum Gasteiger partial charge on any atom is -0.314 e. The molecule has 2 nitrogen and oxygen atoms in total. The van der Waals surface area contributed by atoms with Gasteiger partial charge in [-0.05, 0) is 38.1 Å². The molecule has 16 heavy (non-hydrogen) atoms. The number of nitrogens with zero attached hydrogens (tertiary/aromatic N) is 1. The van der Waals surface area contributed by atoms with E-state index in [-0.39, 0.29) is 0 Å². The third-order valence-electron chi connectivity index (χ3n) is 3.67. The van der Waals surface area contributed by atoms with Crippen molar-refractivity contribution in [3.63, 3.8) is 0 Å². The van der Waals surface area contributed by atoms with Gasteiger partial charge in [0, 0.05) is 25.2 Å². The molecule has 1 rings (SSSR count). The molecule has 1 aliphatic carbocycles. The largest absolute Gasteiger partial charge is 0.314 e. The molecule has 0 heterocycles. The Labute approximate surface area is 102 Å². The summed E-state index contributed by atoms with van der Waals surface area (Å²) >= 11 is 0. The summed E-state index contributed by atoms with van der Waals surface area (Å²) in [4.78, 5) is 2.54. The fourth-order valence-electron chi connectivity index (χ4n) is 2.29. The van der Waals surface area contributed by atoms with Crippen molar-refractivity contribution in [2.45, 2.75) is 59.5 Å². The first-order valence-corrected chi connectivity index (χ1v) is 6.75. The number of hydrogen-bond acceptors (Lipinski definition) is 2. The zero-order chi connectivity index (χ0) is 12.3. The van der Waals surface area contributed by atoms with Gasteiger partial charge in [-0.2, -0.15) is 0 Å². The second kappa shape index (κ2) is 5.50. The monoisotopic (exact) mass is 226 g/mol. The summed E-state index contributed by atoms with van der Waals surface area (Å²) in [7, 11) is 2.28. The second-order valence-corrected chi connectivity index (χ2v) is 6.69. The predicted octanol–water partition coefficient (Wildman–Crippen LogP) is 2.74. The van der Waals surface area contributed by atoms with Crippen LogP contribution in [0.3, 0.4) is 0 Å². The molecule has 0 saturated heterocycles. The van der Waals surface area contributed by atoms with Crippen molar-refractivity contribution in [3.05, 3.63) is 0 Å². The van der Waals surface area contributed by atoms with Gasteiger partial charge < -0.3 is 10.2 Å². The third-order valence-corrected chi connectivity index (χ3v) is 3.67. The van der Waals surface area contributed by atoms with Crippen molar-refractivity contribution in [1.29, 1.82) is 0 Å². The van der Waals surface area contributed by atoms with Crippen LogP contribution in [-0.2, 0) is 0 Å². The lowest BCUT2D eigenvalue weighted by Crippen LogP contribution is -2.44. The first-order valence-electron chi connectivity index (χ1n) is 6.75. The maximum absolute atomic E-state index is 3.55. The highest BCUT2D eigenvalue weighted by atomic mass is 15.1. The molecule has 0 aliphatic heterocycles. The molecule has 1 aliphatic rings. The molecule has 96 valence electrons. The second-order valence-electron chi connectivity index (χ2n) is 6.69. The summed E-state index contributed by atoms with van der Waals surface area (Å²) in [6, 6.07) is 1.35. The Morgan fingerprint density at radius 3 is 2.25 bits per heavy atom. The van der Waals surface area contributed by atoms with Crippen LogP contribution in [-0.4, -0.2) is 37.1 Å². The Kier molecular flexibility index (Phi) is 4.81. The summed E-state index contributed by atoms with van der Waals surface area (Å²) in [6.45, 7) is 13.8. The lowest BCUT2D eigenvalue weighted by Gasteiger charge is -2.34. The Balaban J connectivity index is 2.31. The van der Waals surface area contributed by atoms with Crippen LogP contribution < -0.4 is 5.32 Å². The maximum atomic E-state index is 3.55. The van der Waals surface area contributed by atoms with E-state index in [1.54, 1.807) is 0 Å². The summed E-state index contributed by atoms with van der Waals surface area (Å²) in [5, 5.41) is 3.55. The van der Waals surface area contributed by atoms with Gasteiger partial charge in [-0.15, -0.1) is 0 Å². The van der Waals surface area contributed by atoms with Crippen LogP contribution in [0.1, 0.15) is 47.5 Å². The number of rotatable bonds is 7. The van der Waals surface area contributed by atoms with Gasteiger partial charge >= 0.3 is 0 Å². The summed E-state index contributed by atoms with van der Waals surface area (Å²) in [6.07, 6.45) is 2.88. The van der Waals surface area contributed by atoms with Gasteiger partial charge in [-0.1, -0.05) is 27.7 Å². The van der Waals surface area contributed by atoms with Crippen LogP contribution >= 0.6 is 0 Å². The maximum Gasteiger partial charge on any atom is 0.00923 e. The van der Waals surface area contributed by atoms with Gasteiger partial charge in [0.05, 0.1) is 0 Å². The minimum atomic E-state index is 0.363. The molecular weight excluding hydrogens is 196 g/mol. The average molecular weight is 226 g/mol. The quantitative estimate of drug-likeness (QED) is 0.718. The third kappa shape index (κ3) is 4.84. The lowest BCUT2D eigenvalue weighted by atomic mass is 9.91. The Bertz CT molecular complexity index is 207. The number of nitrogens with one attached hydrogen (secondary N) is 1. The van der Waals surface area contributed by atoms with Crippen molar-refractivity contribution in [3.8, 4) is 0 Å². The summed E-state index contributed by atoms with van der Waals surface area (Å²) in [5.74, 6) is 0.971. The molecule has 1 fully saturated rings. The zero-order valence-electron chi connectivity index (χ0n) is 12.0. The summed E-state index contributed by atoms with van der Waals surface area (Å²) < 4.78 is 0. The molecule has 1 N–H and O–H groups in total. The van der Waals surface area contributed by atoms with E-state index in [0.717, 1.165) is 18.5 Å². The van der Waals surface area contributed by atoms with Crippen molar-refractivity contribution < 1.29 is 0 Å². The van der Waals surface area contributed by atoms with Crippen LogP contribution in [0.15, 0.2) is 0 Å². The van der Waals surface area contributed by atoms with Gasteiger partial charge in [-0.3, -0.25) is 0 Å². The highest BCUT2D eigenvalue weighted by molar-refractivity contribution is 4.86. The molecule has 0 aromatic rings. The van der Waals surface area contributed by atoms with E-state index in [4.69, 9.17) is 0 Å². The topological polar surface area (TPSA) is 15.3 Å². The molecule has 0 spiro atoms. The smallest absolute Gasteiger partial charge is 0.00923 e. The lowest BCUT2D eigenvalue weighted by molar-refractivity contribution is 0.151. The van der Waals surface area contributed by atoms with Crippen LogP contribution in [0.4, 0.5) is 0 Å². The average Bonchev–Trinajstić information content (AvgIpc) is 2.96. The van der Waals surface area contributed by atoms with Gasteiger partial charge in [0.25, 0.3) is 0 Å². The molecule has 0 aromatic carbocycles. The zero-order valence-corrected chi connectivity index (χ0v) is 12.0. The highest BCUT2D eigenvalue weighted by Gasteiger charge is 2.32. The summed E-state index contributed by atoms with van der Waals surface area (Å²) in [5.41, 5.74) is 0.363. The van der Waals surface area contributed by atoms with Crippen LogP contribution in [0.5, 0.6) is 0 Å². The van der Waals surface area contributed by atoms with E-state index in [1.165, 1.54) is 19.4 Å². The normalized spacial score (nSPS) is 19.5. The Morgan fingerprint density at radius 2 is 1.81 bits per heavy atom. The minimum absolute atomic E-state index is 0.363. The highest BCUT2D eigenvalue weighted by Crippen LogP contribution is 2.35. The first-order chi connectivity index (χ1) is 7.32. The Hall–Kier alpha value is -0.0800. The van der Waals surface area contributed by atoms with Crippen molar-refractivity contribution in [2.75, 3.05) is 20.1 Å². The van der Waals surface area contributed by atoms with E-state index >= 15 is 0 Å². The van der Waals surface area contributed by atoms with E-state index in [9.17, 15) is 0 Å². The molecule has 0 amide bonds. The molecule has 0 aromatic heterocycles. The predicted molar refractivity (Wildman–Crippen MR) is 71.7 cm³/mol. The molecule has 0 radical (unpaired) electrons. The SMILES string of the molecule is CC(C)NCC(C)(C)CN(C)C(C)C1CC1. The molecule has 0 bridgehead atoms. The van der Waals surface area contributed by atoms with Crippen molar-refractivity contribution >= 4 is 0 Å². The van der Waals surface area contributed by atoms with Crippen molar-refractivity contribution in [1.82, 2.24) is 10.2 Å². The molecular formula is C14H30N2. The van der Waals surface area contributed by atoms with E-state index < -0.39 is 0 Å². The standard InChI is InChI=1S/C14H30N2/c1-11(2)15-9-14(4,5)10-16(6)12(3)13-7-8-13/h11-13,15H,7-10H2,1-6H3. The van der Waals surface area contributed by atoms with E-state index in [0.29, 0.717) is 11.5 Å². The van der Waals surface area contributed by atoms with E-state index in [1.807, 2.05) is 0 Å². The molecule has 1 saturated carbocycles. The fraction of sp³-hybridized carbons (Fsp3) is 1.00.